The van der Waals surface area contributed by atoms with Crippen molar-refractivity contribution in [3.8, 4) is 5.75 Å². The third-order valence-electron chi connectivity index (χ3n) is 1.54. The molecule has 3 heteroatoms. The van der Waals surface area contributed by atoms with Crippen LogP contribution in [0.15, 0.2) is 24.3 Å². The first kappa shape index (κ1) is 10.6. The Labute approximate surface area is 83.6 Å². The lowest BCUT2D eigenvalue weighted by molar-refractivity contribution is -0.145. The summed E-state index contributed by atoms with van der Waals surface area (Å²) in [6.45, 7) is 7.53. The van der Waals surface area contributed by atoms with Crippen LogP contribution in [-0.4, -0.2) is 19.2 Å². The second-order valence-electron chi connectivity index (χ2n) is 2.66. The van der Waals surface area contributed by atoms with E-state index in [0.717, 1.165) is 0 Å². The number of carbonyl (C=O) groups excluding carboxylic acids is 1. The van der Waals surface area contributed by atoms with Gasteiger partial charge in [0.2, 0.25) is 0 Å². The lowest BCUT2D eigenvalue weighted by Crippen LogP contribution is -2.14. The molecule has 0 saturated heterocycles. The zero-order chi connectivity index (χ0) is 10.4. The molecule has 2 radical (unpaired) electrons. The van der Waals surface area contributed by atoms with Gasteiger partial charge in [0.1, 0.15) is 5.75 Å². The van der Waals surface area contributed by atoms with Crippen LogP contribution in [0.5, 0.6) is 5.75 Å². The van der Waals surface area contributed by atoms with Crippen molar-refractivity contribution in [1.82, 2.24) is 0 Å². The van der Waals surface area contributed by atoms with Gasteiger partial charge in [-0.1, -0.05) is 12.1 Å². The van der Waals surface area contributed by atoms with E-state index in [1.54, 1.807) is 31.2 Å². The normalized spacial score (nSPS) is 9.57. The molecule has 0 aliphatic heterocycles. The lowest BCUT2D eigenvalue weighted by atomic mass is 10.2. The fourth-order valence-corrected chi connectivity index (χ4v) is 0.909. The predicted octanol–water partition coefficient (Wildman–Crippen LogP) is 1.69. The number of benzene rings is 1. The molecule has 0 aromatic heterocycles. The topological polar surface area (TPSA) is 35.5 Å². The van der Waals surface area contributed by atoms with Crippen molar-refractivity contribution < 1.29 is 14.3 Å². The summed E-state index contributed by atoms with van der Waals surface area (Å²) < 4.78 is 9.84. The van der Waals surface area contributed by atoms with Crippen LogP contribution in [-0.2, 0) is 9.53 Å². The maximum Gasteiger partial charge on any atom is 0.344 e. The minimum Gasteiger partial charge on any atom is -0.482 e. The summed E-state index contributed by atoms with van der Waals surface area (Å²) in [5.74, 6) is 0.233. The van der Waals surface area contributed by atoms with Crippen molar-refractivity contribution in [3.05, 3.63) is 36.8 Å². The third-order valence-corrected chi connectivity index (χ3v) is 1.54. The molecule has 0 amide bonds. The van der Waals surface area contributed by atoms with E-state index in [1.165, 1.54) is 0 Å². The molecule has 3 nitrogen and oxygen atoms in total. The highest BCUT2D eigenvalue weighted by Gasteiger charge is 2.01. The molecule has 0 fully saturated rings. The van der Waals surface area contributed by atoms with Gasteiger partial charge < -0.3 is 9.47 Å². The Hall–Kier alpha value is -1.51. The van der Waals surface area contributed by atoms with Gasteiger partial charge >= 0.3 is 5.97 Å². The van der Waals surface area contributed by atoms with Crippen LogP contribution in [0, 0.1) is 6.92 Å². The first-order chi connectivity index (χ1) is 6.72. The SMILES string of the molecule is [CH]c1ccc(OCC(=O)OCC)cc1. The summed E-state index contributed by atoms with van der Waals surface area (Å²) in [4.78, 5) is 10.9. The van der Waals surface area contributed by atoms with Gasteiger partial charge in [0.15, 0.2) is 6.61 Å². The lowest BCUT2D eigenvalue weighted by Gasteiger charge is -2.05. The van der Waals surface area contributed by atoms with Crippen LogP contribution >= 0.6 is 0 Å². The van der Waals surface area contributed by atoms with E-state index in [-0.39, 0.29) is 12.6 Å². The Kier molecular flexibility index (Phi) is 3.98. The van der Waals surface area contributed by atoms with Crippen LogP contribution in [0.25, 0.3) is 0 Å². The van der Waals surface area contributed by atoms with E-state index < -0.39 is 0 Å². The van der Waals surface area contributed by atoms with Gasteiger partial charge in [0, 0.05) is 0 Å². The molecule has 0 spiro atoms. The van der Waals surface area contributed by atoms with Crippen LogP contribution in [0.3, 0.4) is 0 Å². The van der Waals surface area contributed by atoms with Crippen molar-refractivity contribution in [2.75, 3.05) is 13.2 Å². The first-order valence-corrected chi connectivity index (χ1v) is 4.36. The van der Waals surface area contributed by atoms with Gasteiger partial charge in [0.05, 0.1) is 6.61 Å². The Morgan fingerprint density at radius 2 is 2.00 bits per heavy atom. The van der Waals surface area contributed by atoms with Crippen LogP contribution in [0.2, 0.25) is 0 Å². The number of esters is 1. The van der Waals surface area contributed by atoms with Gasteiger partial charge in [-0.3, -0.25) is 0 Å². The maximum absolute atomic E-state index is 10.9. The van der Waals surface area contributed by atoms with Gasteiger partial charge in [-0.05, 0) is 31.5 Å². The summed E-state index contributed by atoms with van der Waals surface area (Å²) in [5.41, 5.74) is 0.661. The van der Waals surface area contributed by atoms with Crippen LogP contribution in [0.4, 0.5) is 0 Å². The van der Waals surface area contributed by atoms with Crippen LogP contribution in [0.1, 0.15) is 12.5 Å². The highest BCUT2D eigenvalue weighted by Crippen LogP contribution is 2.10. The van der Waals surface area contributed by atoms with Gasteiger partial charge in [-0.2, -0.15) is 0 Å². The largest absolute Gasteiger partial charge is 0.482 e. The number of hydrogen-bond donors (Lipinski definition) is 0. The quantitative estimate of drug-likeness (QED) is 0.681. The average Bonchev–Trinajstić information content (AvgIpc) is 2.17. The summed E-state index contributed by atoms with van der Waals surface area (Å²) in [5, 5.41) is 0. The fraction of sp³-hybridized carbons (Fsp3) is 0.273. The summed E-state index contributed by atoms with van der Waals surface area (Å²) in [6.07, 6.45) is 0. The van der Waals surface area contributed by atoms with Crippen molar-refractivity contribution in [2.45, 2.75) is 6.92 Å². The fourth-order valence-electron chi connectivity index (χ4n) is 0.909. The van der Waals surface area contributed by atoms with Gasteiger partial charge in [-0.25, -0.2) is 4.79 Å². The number of hydrogen-bond acceptors (Lipinski definition) is 3. The van der Waals surface area contributed by atoms with E-state index in [9.17, 15) is 4.79 Å². The smallest absolute Gasteiger partial charge is 0.344 e. The molecule has 0 N–H and O–H groups in total. The van der Waals surface area contributed by atoms with Crippen molar-refractivity contribution in [2.24, 2.45) is 0 Å². The molecule has 0 aliphatic carbocycles. The van der Waals surface area contributed by atoms with Gasteiger partial charge in [0.25, 0.3) is 0 Å². The highest BCUT2D eigenvalue weighted by atomic mass is 16.6. The molecular formula is C11H12O3. The average molecular weight is 192 g/mol. The van der Waals surface area contributed by atoms with E-state index in [0.29, 0.717) is 17.9 Å². The highest BCUT2D eigenvalue weighted by molar-refractivity contribution is 5.71. The monoisotopic (exact) mass is 192 g/mol. The molecule has 1 rings (SSSR count). The first-order valence-electron chi connectivity index (χ1n) is 4.36. The molecule has 0 bridgehead atoms. The van der Waals surface area contributed by atoms with Gasteiger partial charge in [-0.15, -0.1) is 0 Å². The zero-order valence-corrected chi connectivity index (χ0v) is 8.03. The Morgan fingerprint density at radius 3 is 2.57 bits per heavy atom. The van der Waals surface area contributed by atoms with Crippen LogP contribution < -0.4 is 4.74 Å². The number of carbonyl (C=O) groups is 1. The molecule has 74 valence electrons. The molecule has 0 atom stereocenters. The Bertz CT molecular complexity index is 290. The molecule has 1 aromatic rings. The second kappa shape index (κ2) is 5.27. The molecule has 0 aliphatic rings. The van der Waals surface area contributed by atoms with Crippen molar-refractivity contribution in [1.29, 1.82) is 0 Å². The van der Waals surface area contributed by atoms with Crippen molar-refractivity contribution in [3.63, 3.8) is 0 Å². The predicted molar refractivity (Wildman–Crippen MR) is 52.0 cm³/mol. The summed E-state index contributed by atoms with van der Waals surface area (Å²) in [7, 11) is 0. The Balaban J connectivity index is 2.38. The number of rotatable bonds is 4. The molecular weight excluding hydrogens is 180 g/mol. The third kappa shape index (κ3) is 3.47. The maximum atomic E-state index is 10.9. The molecule has 0 heterocycles. The minimum absolute atomic E-state index is 0.0717. The second-order valence-corrected chi connectivity index (χ2v) is 2.66. The molecule has 0 unspecified atom stereocenters. The van der Waals surface area contributed by atoms with E-state index in [1.807, 2.05) is 0 Å². The summed E-state index contributed by atoms with van der Waals surface area (Å²) in [6, 6.07) is 6.82. The standard InChI is InChI=1S/C11H12O3/c1-3-13-11(12)8-14-10-6-4-9(2)5-7-10/h2,4-7H,3,8H2,1H3. The zero-order valence-electron chi connectivity index (χ0n) is 8.03. The van der Waals surface area contributed by atoms with E-state index >= 15 is 0 Å². The number of ether oxygens (including phenoxy) is 2. The van der Waals surface area contributed by atoms with E-state index in [2.05, 4.69) is 0 Å². The van der Waals surface area contributed by atoms with E-state index in [4.69, 9.17) is 16.4 Å². The molecule has 1 aromatic carbocycles. The summed E-state index contributed by atoms with van der Waals surface area (Å²) >= 11 is 0. The van der Waals surface area contributed by atoms with Crippen molar-refractivity contribution >= 4 is 5.97 Å². The minimum atomic E-state index is -0.371. The molecule has 14 heavy (non-hydrogen) atoms. The molecule has 0 saturated carbocycles. The Morgan fingerprint density at radius 1 is 1.36 bits per heavy atom.